The molecular weight excluding hydrogens is 352 g/mol. The lowest BCUT2D eigenvalue weighted by Crippen LogP contribution is -2.29. The largest absolute Gasteiger partial charge is 0.481 e. The number of halogens is 1. The number of nitriles is 1. The van der Waals surface area contributed by atoms with E-state index in [1.165, 1.54) is 0 Å². The number of carboxylic acid groups (broad SMARTS) is 1. The Morgan fingerprint density at radius 1 is 1.12 bits per heavy atom. The van der Waals surface area contributed by atoms with E-state index in [9.17, 15) is 14.7 Å². The van der Waals surface area contributed by atoms with Crippen molar-refractivity contribution in [1.82, 2.24) is 4.90 Å². The zero-order chi connectivity index (χ0) is 18.7. The van der Waals surface area contributed by atoms with Gasteiger partial charge in [0.1, 0.15) is 0 Å². The molecule has 0 radical (unpaired) electrons. The number of likely N-dealkylation sites (tertiary alicyclic amines) is 1. The van der Waals surface area contributed by atoms with Gasteiger partial charge < -0.3 is 10.0 Å². The predicted octanol–water partition coefficient (Wildman–Crippen LogP) is 3.35. The third-order valence-corrected chi connectivity index (χ3v) is 4.96. The Bertz CT molecular complexity index is 856. The topological polar surface area (TPSA) is 81.4 Å². The van der Waals surface area contributed by atoms with Crippen LogP contribution in [0.2, 0.25) is 5.02 Å². The van der Waals surface area contributed by atoms with Crippen LogP contribution in [0.25, 0.3) is 0 Å². The lowest BCUT2D eigenvalue weighted by Gasteiger charge is -2.17. The quantitative estimate of drug-likeness (QED) is 0.897. The molecule has 1 saturated heterocycles. The smallest absolute Gasteiger partial charge is 0.308 e. The Labute approximate surface area is 156 Å². The second kappa shape index (κ2) is 7.59. The summed E-state index contributed by atoms with van der Waals surface area (Å²) in [7, 11) is 0. The summed E-state index contributed by atoms with van der Waals surface area (Å²) >= 11 is 5.91. The van der Waals surface area contributed by atoms with E-state index in [0.717, 1.165) is 11.1 Å². The molecule has 1 aliphatic heterocycles. The molecule has 2 aromatic carbocycles. The molecule has 0 spiro atoms. The molecule has 6 heteroatoms. The van der Waals surface area contributed by atoms with Gasteiger partial charge in [0.2, 0.25) is 0 Å². The number of carbonyl (C=O) groups excluding carboxylic acids is 1. The van der Waals surface area contributed by atoms with Crippen LogP contribution in [-0.2, 0) is 11.2 Å². The van der Waals surface area contributed by atoms with Crippen molar-refractivity contribution < 1.29 is 14.7 Å². The number of hydrogen-bond donors (Lipinski definition) is 1. The van der Waals surface area contributed by atoms with Gasteiger partial charge in [-0.15, -0.1) is 0 Å². The maximum atomic E-state index is 12.8. The molecule has 1 aliphatic rings. The second-order valence-electron chi connectivity index (χ2n) is 6.34. The molecule has 0 aliphatic carbocycles. The second-order valence-corrected chi connectivity index (χ2v) is 6.78. The molecule has 26 heavy (non-hydrogen) atoms. The van der Waals surface area contributed by atoms with Crippen LogP contribution in [0.4, 0.5) is 0 Å². The van der Waals surface area contributed by atoms with Gasteiger partial charge in [0.05, 0.1) is 18.4 Å². The minimum absolute atomic E-state index is 0.168. The molecule has 1 fully saturated rings. The van der Waals surface area contributed by atoms with Crippen molar-refractivity contribution in [2.75, 3.05) is 13.1 Å². The van der Waals surface area contributed by atoms with E-state index in [4.69, 9.17) is 16.9 Å². The number of carboxylic acids is 1. The molecular formula is C20H17ClN2O3. The molecule has 0 bridgehead atoms. The van der Waals surface area contributed by atoms with Crippen LogP contribution in [0, 0.1) is 17.2 Å². The Morgan fingerprint density at radius 2 is 1.77 bits per heavy atom. The summed E-state index contributed by atoms with van der Waals surface area (Å²) in [5.41, 5.74) is 2.20. The van der Waals surface area contributed by atoms with E-state index in [1.54, 1.807) is 41.3 Å². The number of hydrogen-bond acceptors (Lipinski definition) is 3. The van der Waals surface area contributed by atoms with E-state index < -0.39 is 11.9 Å². The van der Waals surface area contributed by atoms with E-state index in [1.807, 2.05) is 12.1 Å². The Hall–Kier alpha value is -2.84. The van der Waals surface area contributed by atoms with Crippen molar-refractivity contribution in [2.45, 2.75) is 12.3 Å². The van der Waals surface area contributed by atoms with Crippen LogP contribution in [0.3, 0.4) is 0 Å². The average Bonchev–Trinajstić information content (AvgIpc) is 3.08. The van der Waals surface area contributed by atoms with Gasteiger partial charge in [0, 0.05) is 29.6 Å². The first kappa shape index (κ1) is 18.0. The molecule has 3 rings (SSSR count). The minimum Gasteiger partial charge on any atom is -0.481 e. The minimum atomic E-state index is -0.912. The monoisotopic (exact) mass is 368 g/mol. The van der Waals surface area contributed by atoms with Gasteiger partial charge in [0.15, 0.2) is 0 Å². The standard InChI is InChI=1S/C20H17ClN2O3/c21-16-7-5-14(6-8-16)17-11-23(12-18(17)20(25)26)19(24)15-3-1-13(2-4-15)9-10-22/h1-8,17-18H,9,11-12H2,(H,25,26)/t17-,18+/m0/s1. The fourth-order valence-corrected chi connectivity index (χ4v) is 3.43. The van der Waals surface area contributed by atoms with Gasteiger partial charge in [-0.2, -0.15) is 5.26 Å². The zero-order valence-electron chi connectivity index (χ0n) is 13.9. The maximum Gasteiger partial charge on any atom is 0.308 e. The molecule has 5 nitrogen and oxygen atoms in total. The molecule has 1 N–H and O–H groups in total. The van der Waals surface area contributed by atoms with E-state index >= 15 is 0 Å². The van der Waals surface area contributed by atoms with Gasteiger partial charge in [-0.3, -0.25) is 9.59 Å². The summed E-state index contributed by atoms with van der Waals surface area (Å²) in [5.74, 6) is -2.04. The van der Waals surface area contributed by atoms with Crippen molar-refractivity contribution in [2.24, 2.45) is 5.92 Å². The van der Waals surface area contributed by atoms with Crippen LogP contribution >= 0.6 is 11.6 Å². The van der Waals surface area contributed by atoms with Gasteiger partial charge in [-0.05, 0) is 35.4 Å². The van der Waals surface area contributed by atoms with Crippen molar-refractivity contribution in [3.63, 3.8) is 0 Å². The van der Waals surface area contributed by atoms with Crippen LogP contribution in [-0.4, -0.2) is 35.0 Å². The Balaban J connectivity index is 1.80. The van der Waals surface area contributed by atoms with Gasteiger partial charge in [-0.25, -0.2) is 0 Å². The fraction of sp³-hybridized carbons (Fsp3) is 0.250. The van der Waals surface area contributed by atoms with E-state index in [0.29, 0.717) is 17.1 Å². The number of amides is 1. The summed E-state index contributed by atoms with van der Waals surface area (Å²) in [5, 5.41) is 18.9. The van der Waals surface area contributed by atoms with Gasteiger partial charge in [0.25, 0.3) is 5.91 Å². The van der Waals surface area contributed by atoms with E-state index in [2.05, 4.69) is 6.07 Å². The highest BCUT2D eigenvalue weighted by atomic mass is 35.5. The van der Waals surface area contributed by atoms with Crippen molar-refractivity contribution in [3.8, 4) is 6.07 Å². The fourth-order valence-electron chi connectivity index (χ4n) is 3.31. The molecule has 0 aromatic heterocycles. The number of nitrogens with zero attached hydrogens (tertiary/aromatic N) is 2. The molecule has 0 unspecified atom stereocenters. The van der Waals surface area contributed by atoms with E-state index in [-0.39, 0.29) is 24.8 Å². The first-order valence-corrected chi connectivity index (χ1v) is 8.61. The molecule has 2 atom stereocenters. The Kier molecular flexibility index (Phi) is 5.24. The molecule has 0 saturated carbocycles. The SMILES string of the molecule is N#CCc1ccc(C(=O)N2C[C@@H](C(=O)O)[C@H](c3ccc(Cl)cc3)C2)cc1. The molecule has 1 heterocycles. The number of rotatable bonds is 4. The highest BCUT2D eigenvalue weighted by molar-refractivity contribution is 6.30. The highest BCUT2D eigenvalue weighted by Gasteiger charge is 2.40. The van der Waals surface area contributed by atoms with Crippen LogP contribution in [0.5, 0.6) is 0 Å². The third kappa shape index (κ3) is 3.71. The zero-order valence-corrected chi connectivity index (χ0v) is 14.7. The number of benzene rings is 2. The molecule has 1 amide bonds. The van der Waals surface area contributed by atoms with Gasteiger partial charge in [-0.1, -0.05) is 35.9 Å². The highest BCUT2D eigenvalue weighted by Crippen LogP contribution is 2.34. The predicted molar refractivity (Wildman–Crippen MR) is 97.0 cm³/mol. The Morgan fingerprint density at radius 3 is 2.35 bits per heavy atom. The number of aliphatic carboxylic acids is 1. The lowest BCUT2D eigenvalue weighted by molar-refractivity contribution is -0.141. The first-order valence-electron chi connectivity index (χ1n) is 8.23. The van der Waals surface area contributed by atoms with Crippen molar-refractivity contribution in [3.05, 3.63) is 70.2 Å². The lowest BCUT2D eigenvalue weighted by atomic mass is 9.89. The summed E-state index contributed by atoms with van der Waals surface area (Å²) < 4.78 is 0. The molecule has 132 valence electrons. The maximum absolute atomic E-state index is 12.8. The van der Waals surface area contributed by atoms with Crippen LogP contribution < -0.4 is 0 Å². The van der Waals surface area contributed by atoms with Crippen molar-refractivity contribution in [1.29, 1.82) is 5.26 Å². The number of carbonyl (C=O) groups is 2. The average molecular weight is 369 g/mol. The van der Waals surface area contributed by atoms with Crippen LogP contribution in [0.15, 0.2) is 48.5 Å². The first-order chi connectivity index (χ1) is 12.5. The van der Waals surface area contributed by atoms with Crippen molar-refractivity contribution >= 4 is 23.5 Å². The third-order valence-electron chi connectivity index (χ3n) is 4.71. The van der Waals surface area contributed by atoms with Gasteiger partial charge >= 0.3 is 5.97 Å². The summed E-state index contributed by atoms with van der Waals surface area (Å²) in [4.78, 5) is 26.0. The normalized spacial score (nSPS) is 19.2. The molecule has 2 aromatic rings. The summed E-state index contributed by atoms with van der Waals surface area (Å²) in [6.07, 6.45) is 0.290. The van der Waals surface area contributed by atoms with Crippen LogP contribution in [0.1, 0.15) is 27.4 Å². The summed E-state index contributed by atoms with van der Waals surface area (Å²) in [6, 6.07) is 16.0. The summed E-state index contributed by atoms with van der Waals surface area (Å²) in [6.45, 7) is 0.513.